The number of aromatic nitrogens is 3. The Morgan fingerprint density at radius 2 is 1.60 bits per heavy atom. The SMILES string of the molecule is O=C(c1ccccc1Cl)c1cc(Cl)ccc1-n1c(CO)nnc1CO. The van der Waals surface area contributed by atoms with Crippen LogP contribution < -0.4 is 0 Å². The first-order chi connectivity index (χ1) is 12.1. The van der Waals surface area contributed by atoms with Crippen LogP contribution in [-0.4, -0.2) is 30.8 Å². The van der Waals surface area contributed by atoms with Crippen molar-refractivity contribution in [2.24, 2.45) is 0 Å². The van der Waals surface area contributed by atoms with Crippen molar-refractivity contribution in [3.05, 3.63) is 75.3 Å². The highest BCUT2D eigenvalue weighted by molar-refractivity contribution is 6.35. The number of benzene rings is 2. The molecule has 8 heteroatoms. The second-order valence-electron chi connectivity index (χ2n) is 5.15. The average Bonchev–Trinajstić information content (AvgIpc) is 3.04. The van der Waals surface area contributed by atoms with E-state index < -0.39 is 13.2 Å². The van der Waals surface area contributed by atoms with Gasteiger partial charge in [0, 0.05) is 16.1 Å². The molecule has 0 saturated heterocycles. The topological polar surface area (TPSA) is 88.2 Å². The number of hydrogen-bond acceptors (Lipinski definition) is 5. The van der Waals surface area contributed by atoms with Gasteiger partial charge in [-0.05, 0) is 30.3 Å². The maximum absolute atomic E-state index is 13.0. The van der Waals surface area contributed by atoms with Gasteiger partial charge in [0.2, 0.25) is 0 Å². The van der Waals surface area contributed by atoms with E-state index in [1.165, 1.54) is 10.6 Å². The van der Waals surface area contributed by atoms with E-state index in [-0.39, 0.29) is 23.0 Å². The second-order valence-corrected chi connectivity index (χ2v) is 6.00. The Bertz CT molecular complexity index is 919. The lowest BCUT2D eigenvalue weighted by Crippen LogP contribution is -2.12. The summed E-state index contributed by atoms with van der Waals surface area (Å²) in [4.78, 5) is 13.0. The molecule has 0 spiro atoms. The first kappa shape index (κ1) is 17.6. The molecule has 0 bridgehead atoms. The van der Waals surface area contributed by atoms with Gasteiger partial charge < -0.3 is 10.2 Å². The van der Waals surface area contributed by atoms with E-state index in [9.17, 15) is 15.0 Å². The van der Waals surface area contributed by atoms with Crippen molar-refractivity contribution in [3.8, 4) is 5.69 Å². The summed E-state index contributed by atoms with van der Waals surface area (Å²) in [6, 6.07) is 11.4. The van der Waals surface area contributed by atoms with E-state index in [0.29, 0.717) is 21.3 Å². The summed E-state index contributed by atoms with van der Waals surface area (Å²) in [5.41, 5.74) is 0.967. The van der Waals surface area contributed by atoms with Crippen molar-refractivity contribution in [1.29, 1.82) is 0 Å². The van der Waals surface area contributed by atoms with Gasteiger partial charge in [0.05, 0.1) is 10.7 Å². The molecule has 0 radical (unpaired) electrons. The predicted molar refractivity (Wildman–Crippen MR) is 93.1 cm³/mol. The number of aliphatic hydroxyl groups excluding tert-OH is 2. The van der Waals surface area contributed by atoms with Crippen LogP contribution in [0.25, 0.3) is 5.69 Å². The monoisotopic (exact) mass is 377 g/mol. The van der Waals surface area contributed by atoms with Gasteiger partial charge in [0.15, 0.2) is 17.4 Å². The van der Waals surface area contributed by atoms with Crippen molar-refractivity contribution in [2.45, 2.75) is 13.2 Å². The molecule has 0 fully saturated rings. The highest BCUT2D eigenvalue weighted by atomic mass is 35.5. The van der Waals surface area contributed by atoms with E-state index in [2.05, 4.69) is 10.2 Å². The number of aliphatic hydroxyl groups is 2. The van der Waals surface area contributed by atoms with Crippen LogP contribution in [-0.2, 0) is 13.2 Å². The predicted octanol–water partition coefficient (Wildman–Crippen LogP) is 2.79. The number of nitrogens with zero attached hydrogens (tertiary/aromatic N) is 3. The third kappa shape index (κ3) is 3.29. The number of carbonyl (C=O) groups is 1. The zero-order valence-electron chi connectivity index (χ0n) is 12.9. The average molecular weight is 378 g/mol. The van der Waals surface area contributed by atoms with Crippen molar-refractivity contribution >= 4 is 29.0 Å². The van der Waals surface area contributed by atoms with Crippen LogP contribution in [0.15, 0.2) is 42.5 Å². The van der Waals surface area contributed by atoms with E-state index >= 15 is 0 Å². The quantitative estimate of drug-likeness (QED) is 0.667. The lowest BCUT2D eigenvalue weighted by molar-refractivity contribution is 0.103. The van der Waals surface area contributed by atoms with Crippen LogP contribution in [0.2, 0.25) is 10.0 Å². The largest absolute Gasteiger partial charge is 0.388 e. The molecule has 2 N–H and O–H groups in total. The normalized spacial score (nSPS) is 10.9. The third-order valence-electron chi connectivity index (χ3n) is 3.64. The molecule has 6 nitrogen and oxygen atoms in total. The Labute approximate surface area is 153 Å². The van der Waals surface area contributed by atoms with E-state index in [0.717, 1.165) is 0 Å². The summed E-state index contributed by atoms with van der Waals surface area (Å²) in [7, 11) is 0. The molecule has 0 unspecified atom stereocenters. The smallest absolute Gasteiger partial charge is 0.196 e. The van der Waals surface area contributed by atoms with Gasteiger partial charge in [-0.25, -0.2) is 0 Å². The van der Waals surface area contributed by atoms with Crippen molar-refractivity contribution in [3.63, 3.8) is 0 Å². The molecule has 0 saturated carbocycles. The number of halogens is 2. The van der Waals surface area contributed by atoms with Gasteiger partial charge in [0.1, 0.15) is 13.2 Å². The summed E-state index contributed by atoms with van der Waals surface area (Å²) >= 11 is 12.2. The second kappa shape index (κ2) is 7.33. The summed E-state index contributed by atoms with van der Waals surface area (Å²) in [5, 5.41) is 27.3. The summed E-state index contributed by atoms with van der Waals surface area (Å²) in [6.45, 7) is -0.815. The molecule has 3 aromatic rings. The van der Waals surface area contributed by atoms with Crippen LogP contribution >= 0.6 is 23.2 Å². The minimum atomic E-state index is -0.407. The first-order valence-corrected chi connectivity index (χ1v) is 8.06. The Balaban J connectivity index is 2.23. The molecule has 1 aromatic heterocycles. The number of rotatable bonds is 5. The molecular weight excluding hydrogens is 365 g/mol. The number of hydrogen-bond donors (Lipinski definition) is 2. The third-order valence-corrected chi connectivity index (χ3v) is 4.21. The van der Waals surface area contributed by atoms with Crippen molar-refractivity contribution in [1.82, 2.24) is 14.8 Å². The molecule has 3 rings (SSSR count). The van der Waals surface area contributed by atoms with Crippen molar-refractivity contribution < 1.29 is 15.0 Å². The van der Waals surface area contributed by atoms with Gasteiger partial charge in [0.25, 0.3) is 0 Å². The minimum absolute atomic E-state index is 0.194. The van der Waals surface area contributed by atoms with Crippen LogP contribution in [0.5, 0.6) is 0 Å². The maximum atomic E-state index is 13.0. The van der Waals surface area contributed by atoms with Gasteiger partial charge in [-0.3, -0.25) is 9.36 Å². The summed E-state index contributed by atoms with van der Waals surface area (Å²) in [5.74, 6) is 0.0451. The van der Waals surface area contributed by atoms with E-state index in [4.69, 9.17) is 23.2 Å². The molecular formula is C17H13Cl2N3O3. The van der Waals surface area contributed by atoms with Crippen LogP contribution in [0, 0.1) is 0 Å². The molecule has 0 aliphatic heterocycles. The Morgan fingerprint density at radius 1 is 0.960 bits per heavy atom. The highest BCUT2D eigenvalue weighted by Gasteiger charge is 2.21. The zero-order valence-corrected chi connectivity index (χ0v) is 14.4. The Hall–Kier alpha value is -2.25. The van der Waals surface area contributed by atoms with Gasteiger partial charge in [-0.1, -0.05) is 35.3 Å². The van der Waals surface area contributed by atoms with Crippen molar-refractivity contribution in [2.75, 3.05) is 0 Å². The van der Waals surface area contributed by atoms with E-state index in [1.54, 1.807) is 36.4 Å². The zero-order chi connectivity index (χ0) is 18.0. The fraction of sp³-hybridized carbons (Fsp3) is 0.118. The molecule has 1 heterocycles. The number of carbonyl (C=O) groups excluding carboxylic acids is 1. The van der Waals surface area contributed by atoms with Crippen LogP contribution in [0.1, 0.15) is 27.6 Å². The highest BCUT2D eigenvalue weighted by Crippen LogP contribution is 2.27. The minimum Gasteiger partial charge on any atom is -0.388 e. The van der Waals surface area contributed by atoms with Gasteiger partial charge >= 0.3 is 0 Å². The lowest BCUT2D eigenvalue weighted by Gasteiger charge is -2.14. The Kier molecular flexibility index (Phi) is 5.15. The van der Waals surface area contributed by atoms with Gasteiger partial charge in [-0.2, -0.15) is 0 Å². The molecule has 0 atom stereocenters. The van der Waals surface area contributed by atoms with Gasteiger partial charge in [-0.15, -0.1) is 10.2 Å². The molecule has 25 heavy (non-hydrogen) atoms. The van der Waals surface area contributed by atoms with Crippen LogP contribution in [0.4, 0.5) is 0 Å². The van der Waals surface area contributed by atoms with E-state index in [1.807, 2.05) is 0 Å². The fourth-order valence-electron chi connectivity index (χ4n) is 2.51. The standard InChI is InChI=1S/C17H13Cl2N3O3/c18-10-5-6-14(22-15(8-23)20-21-16(22)9-24)12(7-10)17(25)11-3-1-2-4-13(11)19/h1-7,23-24H,8-9H2. The summed E-state index contributed by atoms with van der Waals surface area (Å²) in [6.07, 6.45) is 0. The lowest BCUT2D eigenvalue weighted by atomic mass is 10.0. The maximum Gasteiger partial charge on any atom is 0.196 e. The molecule has 128 valence electrons. The fourth-order valence-corrected chi connectivity index (χ4v) is 2.91. The molecule has 0 aliphatic carbocycles. The molecule has 0 aliphatic rings. The number of ketones is 1. The van der Waals surface area contributed by atoms with Crippen LogP contribution in [0.3, 0.4) is 0 Å². The molecule has 2 aromatic carbocycles. The summed E-state index contributed by atoms with van der Waals surface area (Å²) < 4.78 is 1.43. The molecule has 0 amide bonds. The Morgan fingerprint density at radius 3 is 2.20 bits per heavy atom. The first-order valence-electron chi connectivity index (χ1n) is 7.31.